The predicted octanol–water partition coefficient (Wildman–Crippen LogP) is 3.08. The maximum atomic E-state index is 12.7. The largest absolute Gasteiger partial charge is 0.378 e. The average molecular weight is 325 g/mol. The van der Waals surface area contributed by atoms with Gasteiger partial charge in [-0.3, -0.25) is 0 Å². The van der Waals surface area contributed by atoms with Crippen LogP contribution >= 0.6 is 0 Å². The Labute approximate surface area is 134 Å². The molecule has 4 nitrogen and oxygen atoms in total. The molecule has 1 aliphatic rings. The lowest BCUT2D eigenvalue weighted by Crippen LogP contribution is -2.29. The molecule has 124 valence electrons. The van der Waals surface area contributed by atoms with Crippen LogP contribution < -0.4 is 4.72 Å². The molecular weight excluding hydrogens is 298 g/mol. The summed E-state index contributed by atoms with van der Waals surface area (Å²) < 4.78 is 33.7. The van der Waals surface area contributed by atoms with Crippen LogP contribution in [0.25, 0.3) is 0 Å². The van der Waals surface area contributed by atoms with E-state index in [1.807, 2.05) is 34.6 Å². The molecule has 1 saturated heterocycles. The Hall–Kier alpha value is -0.910. The first-order valence-electron chi connectivity index (χ1n) is 7.94. The molecule has 0 aliphatic carbocycles. The van der Waals surface area contributed by atoms with E-state index in [-0.39, 0.29) is 6.10 Å². The standard InChI is InChI=1S/C17H27NO3S/c1-11-12(2)14(4)17(15(5)13(11)3)22(19,20)18-9-8-16-7-6-10-21-16/h16,18H,6-10H2,1-5H3/t16-/m0/s1. The maximum Gasteiger partial charge on any atom is 0.241 e. The van der Waals surface area contributed by atoms with E-state index >= 15 is 0 Å². The maximum absolute atomic E-state index is 12.7. The van der Waals surface area contributed by atoms with E-state index < -0.39 is 10.0 Å². The summed E-state index contributed by atoms with van der Waals surface area (Å²) in [6.45, 7) is 11.0. The molecule has 1 aliphatic heterocycles. The van der Waals surface area contributed by atoms with Gasteiger partial charge in [-0.1, -0.05) is 0 Å². The summed E-state index contributed by atoms with van der Waals surface area (Å²) in [6.07, 6.45) is 3.04. The summed E-state index contributed by atoms with van der Waals surface area (Å²) in [5, 5.41) is 0. The first-order valence-corrected chi connectivity index (χ1v) is 9.42. The summed E-state index contributed by atoms with van der Waals surface area (Å²) in [5.74, 6) is 0. The molecule has 5 heteroatoms. The summed E-state index contributed by atoms with van der Waals surface area (Å²) >= 11 is 0. The van der Waals surface area contributed by atoms with Gasteiger partial charge in [-0.15, -0.1) is 0 Å². The summed E-state index contributed by atoms with van der Waals surface area (Å²) in [7, 11) is -3.48. The average Bonchev–Trinajstić information content (AvgIpc) is 2.96. The highest BCUT2D eigenvalue weighted by molar-refractivity contribution is 7.89. The lowest BCUT2D eigenvalue weighted by atomic mass is 9.95. The molecule has 1 N–H and O–H groups in total. The van der Waals surface area contributed by atoms with Crippen LogP contribution in [0, 0.1) is 34.6 Å². The molecule has 1 heterocycles. The van der Waals surface area contributed by atoms with E-state index in [1.165, 1.54) is 5.56 Å². The van der Waals surface area contributed by atoms with Crippen molar-refractivity contribution in [1.29, 1.82) is 0 Å². The SMILES string of the molecule is Cc1c(C)c(C)c(S(=O)(=O)NCC[C@@H]2CCCO2)c(C)c1C. The Morgan fingerprint density at radius 3 is 2.05 bits per heavy atom. The van der Waals surface area contributed by atoms with Gasteiger partial charge in [-0.25, -0.2) is 13.1 Å². The fourth-order valence-corrected chi connectivity index (χ4v) is 4.81. The van der Waals surface area contributed by atoms with Crippen molar-refractivity contribution in [1.82, 2.24) is 4.72 Å². The van der Waals surface area contributed by atoms with Gasteiger partial charge in [-0.2, -0.15) is 0 Å². The molecule has 1 aromatic rings. The second-order valence-electron chi connectivity index (χ2n) is 6.28. The molecule has 0 aromatic heterocycles. The number of sulfonamides is 1. The number of benzene rings is 1. The Morgan fingerprint density at radius 1 is 1.00 bits per heavy atom. The Morgan fingerprint density at radius 2 is 1.55 bits per heavy atom. The fourth-order valence-electron chi connectivity index (χ4n) is 3.17. The van der Waals surface area contributed by atoms with Crippen LogP contribution in [0.1, 0.15) is 47.1 Å². The van der Waals surface area contributed by atoms with Gasteiger partial charge in [0.25, 0.3) is 0 Å². The quantitative estimate of drug-likeness (QED) is 0.905. The van der Waals surface area contributed by atoms with Crippen LogP contribution in [-0.2, 0) is 14.8 Å². The van der Waals surface area contributed by atoms with E-state index in [2.05, 4.69) is 4.72 Å². The molecule has 0 saturated carbocycles. The minimum Gasteiger partial charge on any atom is -0.378 e. The summed E-state index contributed by atoms with van der Waals surface area (Å²) in [5.41, 5.74) is 4.99. The molecule has 1 fully saturated rings. The van der Waals surface area contributed by atoms with Gasteiger partial charge in [0.2, 0.25) is 10.0 Å². The molecule has 1 atom stereocenters. The van der Waals surface area contributed by atoms with E-state index in [1.54, 1.807) is 0 Å². The third-order valence-corrected chi connectivity index (χ3v) is 6.72. The normalized spacial score (nSPS) is 18.9. The van der Waals surface area contributed by atoms with Gasteiger partial charge in [0, 0.05) is 13.2 Å². The Bertz CT molecular complexity index is 630. The van der Waals surface area contributed by atoms with Crippen molar-refractivity contribution < 1.29 is 13.2 Å². The van der Waals surface area contributed by atoms with Gasteiger partial charge in [0.15, 0.2) is 0 Å². The van der Waals surface area contributed by atoms with Crippen molar-refractivity contribution in [3.05, 3.63) is 27.8 Å². The van der Waals surface area contributed by atoms with Crippen LogP contribution in [-0.4, -0.2) is 27.7 Å². The number of hydrogen-bond acceptors (Lipinski definition) is 3. The molecule has 0 unspecified atom stereocenters. The minimum atomic E-state index is -3.48. The van der Waals surface area contributed by atoms with Crippen molar-refractivity contribution in [2.75, 3.05) is 13.2 Å². The van der Waals surface area contributed by atoms with Crippen molar-refractivity contribution in [3.63, 3.8) is 0 Å². The zero-order valence-electron chi connectivity index (χ0n) is 14.2. The zero-order valence-corrected chi connectivity index (χ0v) is 15.1. The lowest BCUT2D eigenvalue weighted by molar-refractivity contribution is 0.105. The first kappa shape index (κ1) is 17.4. The topological polar surface area (TPSA) is 55.4 Å². The lowest BCUT2D eigenvalue weighted by Gasteiger charge is -2.19. The van der Waals surface area contributed by atoms with Gasteiger partial charge in [0.1, 0.15) is 0 Å². The highest BCUT2D eigenvalue weighted by atomic mass is 32.2. The highest BCUT2D eigenvalue weighted by Crippen LogP contribution is 2.29. The van der Waals surface area contributed by atoms with Crippen LogP contribution in [0.4, 0.5) is 0 Å². The van der Waals surface area contributed by atoms with Crippen molar-refractivity contribution >= 4 is 10.0 Å². The van der Waals surface area contributed by atoms with Gasteiger partial charge in [0.05, 0.1) is 11.0 Å². The predicted molar refractivity (Wildman–Crippen MR) is 88.9 cm³/mol. The summed E-state index contributed by atoms with van der Waals surface area (Å²) in [4.78, 5) is 0.445. The zero-order chi connectivity index (χ0) is 16.5. The molecular formula is C17H27NO3S. The van der Waals surface area contributed by atoms with Crippen molar-refractivity contribution in [2.24, 2.45) is 0 Å². The van der Waals surface area contributed by atoms with Crippen molar-refractivity contribution in [2.45, 2.75) is 64.9 Å². The second kappa shape index (κ2) is 6.69. The van der Waals surface area contributed by atoms with Gasteiger partial charge in [-0.05, 0) is 81.7 Å². The summed E-state index contributed by atoms with van der Waals surface area (Å²) in [6, 6.07) is 0. The number of rotatable bonds is 5. The third-order valence-electron chi connectivity index (χ3n) is 4.98. The van der Waals surface area contributed by atoms with E-state index in [0.29, 0.717) is 11.4 Å². The first-order chi connectivity index (χ1) is 10.3. The van der Waals surface area contributed by atoms with Crippen LogP contribution in [0.5, 0.6) is 0 Å². The second-order valence-corrected chi connectivity index (χ2v) is 7.98. The third kappa shape index (κ3) is 3.36. The van der Waals surface area contributed by atoms with Crippen LogP contribution in [0.2, 0.25) is 0 Å². The van der Waals surface area contributed by atoms with Gasteiger partial charge >= 0.3 is 0 Å². The number of nitrogens with one attached hydrogen (secondary N) is 1. The Balaban J connectivity index is 2.22. The fraction of sp³-hybridized carbons (Fsp3) is 0.647. The smallest absolute Gasteiger partial charge is 0.241 e. The molecule has 22 heavy (non-hydrogen) atoms. The number of hydrogen-bond donors (Lipinski definition) is 1. The van der Waals surface area contributed by atoms with E-state index in [4.69, 9.17) is 4.74 Å². The van der Waals surface area contributed by atoms with Crippen molar-refractivity contribution in [3.8, 4) is 0 Å². The number of ether oxygens (including phenoxy) is 1. The molecule has 1 aromatic carbocycles. The molecule has 0 bridgehead atoms. The molecule has 0 amide bonds. The molecule has 0 spiro atoms. The monoisotopic (exact) mass is 325 g/mol. The van der Waals surface area contributed by atoms with Crippen LogP contribution in [0.3, 0.4) is 0 Å². The Kier molecular flexibility index (Phi) is 5.30. The van der Waals surface area contributed by atoms with E-state index in [9.17, 15) is 8.42 Å². The highest BCUT2D eigenvalue weighted by Gasteiger charge is 2.24. The van der Waals surface area contributed by atoms with Gasteiger partial charge < -0.3 is 4.74 Å². The van der Waals surface area contributed by atoms with Crippen LogP contribution in [0.15, 0.2) is 4.90 Å². The minimum absolute atomic E-state index is 0.200. The molecule has 0 radical (unpaired) electrons. The molecule has 2 rings (SSSR count). The van der Waals surface area contributed by atoms with E-state index in [0.717, 1.165) is 48.1 Å².